The van der Waals surface area contributed by atoms with E-state index in [9.17, 15) is 9.59 Å². The van der Waals surface area contributed by atoms with Crippen LogP contribution in [0.3, 0.4) is 0 Å². The van der Waals surface area contributed by atoms with Crippen molar-refractivity contribution in [2.24, 2.45) is 0 Å². The number of thioether (sulfide) groups is 1. The Morgan fingerprint density at radius 2 is 2.20 bits per heavy atom. The number of rotatable bonds is 6. The van der Waals surface area contributed by atoms with Crippen LogP contribution in [0.1, 0.15) is 37.2 Å². The van der Waals surface area contributed by atoms with Crippen LogP contribution in [-0.4, -0.2) is 32.2 Å². The van der Waals surface area contributed by atoms with Gasteiger partial charge in [0, 0.05) is 23.5 Å². The molecule has 0 saturated carbocycles. The second-order valence-corrected chi connectivity index (χ2v) is 7.36. The molecule has 1 aliphatic rings. The molecule has 132 valence electrons. The average molecular weight is 358 g/mol. The summed E-state index contributed by atoms with van der Waals surface area (Å²) in [5.74, 6) is 0.243. The molecule has 2 aromatic rings. The van der Waals surface area contributed by atoms with Gasteiger partial charge in [-0.05, 0) is 45.2 Å². The summed E-state index contributed by atoms with van der Waals surface area (Å²) < 4.78 is 1.73. The van der Waals surface area contributed by atoms with Crippen molar-refractivity contribution >= 4 is 17.7 Å². The second-order valence-electron chi connectivity index (χ2n) is 6.40. The van der Waals surface area contributed by atoms with Crippen molar-refractivity contribution in [2.75, 3.05) is 5.75 Å². The highest BCUT2D eigenvalue weighted by atomic mass is 32.2. The van der Waals surface area contributed by atoms with E-state index >= 15 is 0 Å². The first-order chi connectivity index (χ1) is 12.0. The molecule has 1 amide bonds. The molecule has 1 N–H and O–H groups in total. The lowest BCUT2D eigenvalue weighted by molar-refractivity contribution is -0.119. The highest BCUT2D eigenvalue weighted by Crippen LogP contribution is 2.29. The van der Waals surface area contributed by atoms with Gasteiger partial charge in [-0.15, -0.1) is 0 Å². The van der Waals surface area contributed by atoms with Crippen molar-refractivity contribution < 1.29 is 4.79 Å². The van der Waals surface area contributed by atoms with Gasteiger partial charge in [-0.2, -0.15) is 4.98 Å². The Labute approximate surface area is 151 Å². The van der Waals surface area contributed by atoms with Gasteiger partial charge in [0.25, 0.3) is 0 Å². The van der Waals surface area contributed by atoms with Gasteiger partial charge < -0.3 is 5.32 Å². The monoisotopic (exact) mass is 358 g/mol. The van der Waals surface area contributed by atoms with E-state index in [1.165, 1.54) is 11.8 Å². The largest absolute Gasteiger partial charge is 0.353 e. The fourth-order valence-electron chi connectivity index (χ4n) is 3.02. The average Bonchev–Trinajstić information content (AvgIpc) is 3.06. The highest BCUT2D eigenvalue weighted by Gasteiger charge is 2.22. The van der Waals surface area contributed by atoms with Crippen molar-refractivity contribution in [3.63, 3.8) is 0 Å². The third kappa shape index (κ3) is 4.28. The van der Waals surface area contributed by atoms with Gasteiger partial charge in [0.2, 0.25) is 5.91 Å². The van der Waals surface area contributed by atoms with Gasteiger partial charge in [0.05, 0.1) is 18.0 Å². The molecule has 0 unspecified atom stereocenters. The van der Waals surface area contributed by atoms with Gasteiger partial charge >= 0.3 is 5.69 Å². The first-order valence-corrected chi connectivity index (χ1v) is 9.48. The van der Waals surface area contributed by atoms with Crippen LogP contribution in [0.5, 0.6) is 0 Å². The smallest absolute Gasteiger partial charge is 0.349 e. The van der Waals surface area contributed by atoms with Crippen LogP contribution < -0.4 is 11.0 Å². The van der Waals surface area contributed by atoms with Crippen LogP contribution in [0.15, 0.2) is 34.2 Å². The molecule has 1 aliphatic carbocycles. The van der Waals surface area contributed by atoms with E-state index in [2.05, 4.69) is 15.3 Å². The molecule has 2 aromatic heterocycles. The first kappa shape index (κ1) is 17.7. The van der Waals surface area contributed by atoms with Crippen molar-refractivity contribution in [3.8, 4) is 0 Å². The number of nitrogens with zero attached hydrogens (tertiary/aromatic N) is 3. The van der Waals surface area contributed by atoms with Crippen LogP contribution in [0.25, 0.3) is 0 Å². The van der Waals surface area contributed by atoms with Gasteiger partial charge in [0.15, 0.2) is 0 Å². The molecule has 0 radical (unpaired) electrons. The van der Waals surface area contributed by atoms with Crippen molar-refractivity contribution in [2.45, 2.75) is 50.7 Å². The van der Waals surface area contributed by atoms with Crippen LogP contribution in [0, 0.1) is 0 Å². The Bertz CT molecular complexity index is 818. The molecule has 2 heterocycles. The molecule has 3 rings (SSSR count). The minimum absolute atomic E-state index is 0.0359. The number of carbonyl (C=O) groups is 1. The summed E-state index contributed by atoms with van der Waals surface area (Å²) in [5, 5.41) is 3.56. The van der Waals surface area contributed by atoms with E-state index in [1.807, 2.05) is 32.0 Å². The maximum atomic E-state index is 12.5. The standard InChI is InChI=1S/C18H22N4O2S/c1-12(2)20-16(23)11-25-17-14-7-5-8-15(14)22(18(24)21-17)10-13-6-3-4-9-19-13/h3-4,6,9,12H,5,7-8,10-11H2,1-2H3,(H,20,23). The number of carbonyl (C=O) groups excluding carboxylic acids is 1. The first-order valence-electron chi connectivity index (χ1n) is 8.49. The molecular formula is C18H22N4O2S. The SMILES string of the molecule is CC(C)NC(=O)CSc1nc(=O)n(Cc2ccccn2)c2c1CCC2. The fourth-order valence-corrected chi connectivity index (χ4v) is 3.91. The predicted octanol–water partition coefficient (Wildman–Crippen LogP) is 1.79. The lowest BCUT2D eigenvalue weighted by Gasteiger charge is -2.14. The Kier molecular flexibility index (Phi) is 5.53. The molecule has 25 heavy (non-hydrogen) atoms. The number of hydrogen-bond donors (Lipinski definition) is 1. The van der Waals surface area contributed by atoms with E-state index < -0.39 is 0 Å². The number of nitrogens with one attached hydrogen (secondary N) is 1. The van der Waals surface area contributed by atoms with Gasteiger partial charge in [-0.1, -0.05) is 17.8 Å². The lowest BCUT2D eigenvalue weighted by atomic mass is 10.2. The van der Waals surface area contributed by atoms with Gasteiger partial charge in [-0.25, -0.2) is 4.79 Å². The van der Waals surface area contributed by atoms with E-state index in [-0.39, 0.29) is 23.4 Å². The minimum Gasteiger partial charge on any atom is -0.353 e. The zero-order valence-electron chi connectivity index (χ0n) is 14.5. The molecule has 0 aromatic carbocycles. The predicted molar refractivity (Wildman–Crippen MR) is 97.9 cm³/mol. The van der Waals surface area contributed by atoms with E-state index in [1.54, 1.807) is 10.8 Å². The summed E-state index contributed by atoms with van der Waals surface area (Å²) in [7, 11) is 0. The molecule has 0 fully saturated rings. The summed E-state index contributed by atoms with van der Waals surface area (Å²) in [6.45, 7) is 4.29. The summed E-state index contributed by atoms with van der Waals surface area (Å²) in [6.07, 6.45) is 4.50. The summed E-state index contributed by atoms with van der Waals surface area (Å²) in [4.78, 5) is 33.0. The molecule has 6 nitrogen and oxygen atoms in total. The molecule has 0 atom stereocenters. The van der Waals surface area contributed by atoms with E-state index in [4.69, 9.17) is 0 Å². The summed E-state index contributed by atoms with van der Waals surface area (Å²) in [6, 6.07) is 5.79. The number of pyridine rings is 1. The zero-order valence-corrected chi connectivity index (χ0v) is 15.3. The molecule has 0 aliphatic heterocycles. The van der Waals surface area contributed by atoms with Crippen molar-refractivity contribution in [1.29, 1.82) is 0 Å². The topological polar surface area (TPSA) is 76.9 Å². The zero-order chi connectivity index (χ0) is 17.8. The van der Waals surface area contributed by atoms with E-state index in [0.717, 1.165) is 36.2 Å². The maximum Gasteiger partial charge on any atom is 0.349 e. The number of aromatic nitrogens is 3. The molecule has 0 bridgehead atoms. The second kappa shape index (κ2) is 7.82. The highest BCUT2D eigenvalue weighted by molar-refractivity contribution is 7.99. The fraction of sp³-hybridized carbons (Fsp3) is 0.444. The van der Waals surface area contributed by atoms with Crippen LogP contribution in [0.2, 0.25) is 0 Å². The number of hydrogen-bond acceptors (Lipinski definition) is 5. The molecule has 0 saturated heterocycles. The van der Waals surface area contributed by atoms with Crippen LogP contribution in [-0.2, 0) is 24.2 Å². The normalized spacial score (nSPS) is 13.1. The van der Waals surface area contributed by atoms with Gasteiger partial charge in [-0.3, -0.25) is 14.3 Å². The Hall–Kier alpha value is -2.15. The van der Waals surface area contributed by atoms with Crippen molar-refractivity contribution in [1.82, 2.24) is 19.9 Å². The Morgan fingerprint density at radius 3 is 2.92 bits per heavy atom. The Morgan fingerprint density at radius 1 is 1.36 bits per heavy atom. The van der Waals surface area contributed by atoms with Crippen LogP contribution in [0.4, 0.5) is 0 Å². The third-order valence-electron chi connectivity index (χ3n) is 4.04. The third-order valence-corrected chi connectivity index (χ3v) is 5.05. The lowest BCUT2D eigenvalue weighted by Crippen LogP contribution is -2.32. The quantitative estimate of drug-likeness (QED) is 0.629. The molecule has 7 heteroatoms. The van der Waals surface area contributed by atoms with Crippen LogP contribution >= 0.6 is 11.8 Å². The maximum absolute atomic E-state index is 12.5. The number of fused-ring (bicyclic) bond motifs is 1. The Balaban J connectivity index is 1.83. The molecule has 0 spiro atoms. The number of amides is 1. The summed E-state index contributed by atoms with van der Waals surface area (Å²) in [5.41, 5.74) is 2.73. The van der Waals surface area contributed by atoms with Gasteiger partial charge in [0.1, 0.15) is 5.03 Å². The van der Waals surface area contributed by atoms with E-state index in [0.29, 0.717) is 11.6 Å². The van der Waals surface area contributed by atoms with Crippen molar-refractivity contribution in [3.05, 3.63) is 51.8 Å². The molecular weight excluding hydrogens is 336 g/mol. The minimum atomic E-state index is -0.266. The summed E-state index contributed by atoms with van der Waals surface area (Å²) >= 11 is 1.35.